The van der Waals surface area contributed by atoms with Crippen molar-refractivity contribution in [3.63, 3.8) is 0 Å². The van der Waals surface area contributed by atoms with Gasteiger partial charge in [0, 0.05) is 28.0 Å². The summed E-state index contributed by atoms with van der Waals surface area (Å²) >= 11 is 1.49. The van der Waals surface area contributed by atoms with Crippen LogP contribution in [0.3, 0.4) is 0 Å². The Balaban J connectivity index is 2.31. The van der Waals surface area contributed by atoms with E-state index in [1.54, 1.807) is 13.3 Å². The van der Waals surface area contributed by atoms with Gasteiger partial charge in [0.15, 0.2) is 0 Å². The maximum Gasteiger partial charge on any atom is 0.133 e. The van der Waals surface area contributed by atoms with Crippen molar-refractivity contribution >= 4 is 27.3 Å². The number of rotatable bonds is 3. The van der Waals surface area contributed by atoms with E-state index < -0.39 is 0 Å². The number of amidine groups is 1. The maximum atomic E-state index is 7.59. The molecule has 2 aromatic heterocycles. The summed E-state index contributed by atoms with van der Waals surface area (Å²) in [5.41, 5.74) is 7.64. The molecule has 3 N–H and O–H groups in total. The van der Waals surface area contributed by atoms with Crippen molar-refractivity contribution in [2.24, 2.45) is 5.73 Å². The molecular formula is C15H13N3OS. The fourth-order valence-corrected chi connectivity index (χ4v) is 3.10. The van der Waals surface area contributed by atoms with Crippen molar-refractivity contribution < 1.29 is 4.74 Å². The minimum Gasteiger partial charge on any atom is -0.497 e. The quantitative estimate of drug-likeness (QED) is 0.572. The molecule has 4 nitrogen and oxygen atoms in total. The molecule has 0 fully saturated rings. The first kappa shape index (κ1) is 12.6. The first-order valence-corrected chi connectivity index (χ1v) is 6.87. The van der Waals surface area contributed by atoms with Crippen molar-refractivity contribution in [1.29, 1.82) is 5.41 Å². The van der Waals surface area contributed by atoms with Crippen LogP contribution < -0.4 is 10.5 Å². The van der Waals surface area contributed by atoms with Crippen LogP contribution in [-0.4, -0.2) is 17.9 Å². The number of thiophene rings is 1. The predicted octanol–water partition coefficient (Wildman–Crippen LogP) is 3.26. The molecule has 0 amide bonds. The molecule has 1 aromatic carbocycles. The van der Waals surface area contributed by atoms with Gasteiger partial charge in [0.2, 0.25) is 0 Å². The van der Waals surface area contributed by atoms with Crippen LogP contribution in [0.5, 0.6) is 5.75 Å². The van der Waals surface area contributed by atoms with Crippen molar-refractivity contribution in [3.05, 3.63) is 47.6 Å². The summed E-state index contributed by atoms with van der Waals surface area (Å²) in [6, 6.07) is 9.80. The van der Waals surface area contributed by atoms with Gasteiger partial charge in [-0.2, -0.15) is 0 Å². The highest BCUT2D eigenvalue weighted by Gasteiger charge is 2.12. The van der Waals surface area contributed by atoms with E-state index in [2.05, 4.69) is 4.98 Å². The molecule has 100 valence electrons. The number of hydrogen-bond donors (Lipinski definition) is 2. The molecular weight excluding hydrogens is 270 g/mol. The Labute approximate surface area is 120 Å². The zero-order valence-corrected chi connectivity index (χ0v) is 11.7. The summed E-state index contributed by atoms with van der Waals surface area (Å²) in [5.74, 6) is 0.871. The monoisotopic (exact) mass is 283 g/mol. The average Bonchev–Trinajstić information content (AvgIpc) is 2.91. The van der Waals surface area contributed by atoms with Gasteiger partial charge < -0.3 is 10.5 Å². The first-order chi connectivity index (χ1) is 9.69. The summed E-state index contributed by atoms with van der Waals surface area (Å²) in [6.07, 6.45) is 3.56. The highest BCUT2D eigenvalue weighted by Crippen LogP contribution is 2.37. The van der Waals surface area contributed by atoms with Gasteiger partial charge in [0.25, 0.3) is 0 Å². The molecule has 2 heterocycles. The van der Waals surface area contributed by atoms with E-state index in [0.29, 0.717) is 0 Å². The molecule has 0 unspecified atom stereocenters. The molecule has 3 rings (SSSR count). The molecule has 0 saturated carbocycles. The van der Waals surface area contributed by atoms with E-state index in [-0.39, 0.29) is 5.84 Å². The fraction of sp³-hybridized carbons (Fsp3) is 0.0667. The van der Waals surface area contributed by atoms with Crippen molar-refractivity contribution in [2.45, 2.75) is 0 Å². The van der Waals surface area contributed by atoms with E-state index in [1.807, 2.05) is 36.5 Å². The highest BCUT2D eigenvalue weighted by atomic mass is 32.1. The molecule has 5 heteroatoms. The van der Waals surface area contributed by atoms with Gasteiger partial charge in [-0.15, -0.1) is 11.3 Å². The number of nitrogens with two attached hydrogens (primary N) is 1. The predicted molar refractivity (Wildman–Crippen MR) is 82.6 cm³/mol. The molecule has 0 saturated heterocycles. The lowest BCUT2D eigenvalue weighted by Gasteiger charge is -2.06. The van der Waals surface area contributed by atoms with Gasteiger partial charge in [0.05, 0.1) is 12.0 Å². The second-order valence-corrected chi connectivity index (χ2v) is 5.44. The number of nitrogens with one attached hydrogen (secondary N) is 1. The van der Waals surface area contributed by atoms with Crippen LogP contribution >= 0.6 is 11.3 Å². The van der Waals surface area contributed by atoms with Crippen molar-refractivity contribution in [2.75, 3.05) is 7.11 Å². The van der Waals surface area contributed by atoms with Crippen molar-refractivity contribution in [3.8, 4) is 16.9 Å². The molecule has 0 atom stereocenters. The third-order valence-corrected chi connectivity index (χ3v) is 4.20. The molecule has 0 aliphatic rings. The van der Waals surface area contributed by atoms with Gasteiger partial charge >= 0.3 is 0 Å². The van der Waals surface area contributed by atoms with Gasteiger partial charge in [-0.1, -0.05) is 6.07 Å². The number of nitrogen functional groups attached to an aromatic ring is 1. The number of aromatic nitrogens is 1. The average molecular weight is 283 g/mol. The van der Waals surface area contributed by atoms with Crippen LogP contribution in [0.25, 0.3) is 21.2 Å². The summed E-state index contributed by atoms with van der Waals surface area (Å²) in [7, 11) is 1.65. The summed E-state index contributed by atoms with van der Waals surface area (Å²) in [4.78, 5) is 4.92. The van der Waals surface area contributed by atoms with E-state index in [1.165, 1.54) is 11.3 Å². The van der Waals surface area contributed by atoms with E-state index >= 15 is 0 Å². The second-order valence-electron chi connectivity index (χ2n) is 4.35. The third-order valence-electron chi connectivity index (χ3n) is 3.08. The number of hydrogen-bond acceptors (Lipinski definition) is 4. The van der Waals surface area contributed by atoms with E-state index in [9.17, 15) is 0 Å². The largest absolute Gasteiger partial charge is 0.497 e. The van der Waals surface area contributed by atoms with Gasteiger partial charge in [-0.3, -0.25) is 10.4 Å². The van der Waals surface area contributed by atoms with Crippen LogP contribution in [0.4, 0.5) is 0 Å². The lowest BCUT2D eigenvalue weighted by Crippen LogP contribution is -2.08. The summed E-state index contributed by atoms with van der Waals surface area (Å²) in [5, 5.41) is 8.65. The number of ether oxygens (including phenoxy) is 1. The van der Waals surface area contributed by atoms with Crippen molar-refractivity contribution in [1.82, 2.24) is 4.98 Å². The van der Waals surface area contributed by atoms with Crippen LogP contribution in [0.2, 0.25) is 0 Å². The lowest BCUT2D eigenvalue weighted by molar-refractivity contribution is 0.415. The Morgan fingerprint density at radius 1 is 1.35 bits per heavy atom. The number of pyridine rings is 1. The Morgan fingerprint density at radius 2 is 2.20 bits per heavy atom. The molecule has 3 aromatic rings. The summed E-state index contributed by atoms with van der Waals surface area (Å²) < 4.78 is 6.40. The Kier molecular flexibility index (Phi) is 3.12. The normalized spacial score (nSPS) is 10.7. The topological polar surface area (TPSA) is 72.0 Å². The van der Waals surface area contributed by atoms with E-state index in [0.717, 1.165) is 31.8 Å². The van der Waals surface area contributed by atoms with Crippen LogP contribution in [0.1, 0.15) is 4.88 Å². The van der Waals surface area contributed by atoms with Gasteiger partial charge in [-0.05, 0) is 29.8 Å². The minimum absolute atomic E-state index is 0.0855. The zero-order chi connectivity index (χ0) is 14.1. The smallest absolute Gasteiger partial charge is 0.133 e. The Hall–Kier alpha value is -2.40. The molecule has 20 heavy (non-hydrogen) atoms. The molecule has 0 bridgehead atoms. The van der Waals surface area contributed by atoms with Crippen LogP contribution in [0.15, 0.2) is 42.7 Å². The standard InChI is InChI=1S/C15H13N3OS/c1-19-10-5-11(9-3-2-4-18-8-9)12-7-14(15(16)17)20-13(12)6-10/h2-8H,1H3,(H3,16,17). The number of nitrogens with zero attached hydrogens (tertiary/aromatic N) is 1. The minimum atomic E-state index is 0.0855. The highest BCUT2D eigenvalue weighted by molar-refractivity contribution is 7.21. The number of benzene rings is 1. The zero-order valence-electron chi connectivity index (χ0n) is 10.9. The Bertz CT molecular complexity index is 780. The number of methoxy groups -OCH3 is 1. The van der Waals surface area contributed by atoms with Gasteiger partial charge in [-0.25, -0.2) is 0 Å². The number of fused-ring (bicyclic) bond motifs is 1. The maximum absolute atomic E-state index is 7.59. The second kappa shape index (κ2) is 4.94. The molecule has 0 radical (unpaired) electrons. The molecule has 0 spiro atoms. The van der Waals surface area contributed by atoms with Crippen LogP contribution in [0, 0.1) is 5.41 Å². The Morgan fingerprint density at radius 3 is 2.85 bits per heavy atom. The van der Waals surface area contributed by atoms with Crippen LogP contribution in [-0.2, 0) is 0 Å². The molecule has 0 aliphatic heterocycles. The third kappa shape index (κ3) is 2.12. The summed E-state index contributed by atoms with van der Waals surface area (Å²) in [6.45, 7) is 0. The molecule has 0 aliphatic carbocycles. The van der Waals surface area contributed by atoms with E-state index in [4.69, 9.17) is 15.9 Å². The first-order valence-electron chi connectivity index (χ1n) is 6.05. The van der Waals surface area contributed by atoms with Gasteiger partial charge in [0.1, 0.15) is 11.6 Å². The lowest BCUT2D eigenvalue weighted by atomic mass is 10.0. The SMILES string of the molecule is COc1cc(-c2cccnc2)c2cc(C(=N)N)sc2c1. The fourth-order valence-electron chi connectivity index (χ4n) is 2.13.